The largest absolute Gasteiger partial charge is 0.355 e. The summed E-state index contributed by atoms with van der Waals surface area (Å²) in [6, 6.07) is 10.2. The lowest BCUT2D eigenvalue weighted by atomic mass is 10.1. The van der Waals surface area contributed by atoms with Gasteiger partial charge in [0.1, 0.15) is 6.42 Å². The second-order valence-corrected chi connectivity index (χ2v) is 5.52. The molecule has 0 aliphatic heterocycles. The van der Waals surface area contributed by atoms with Crippen molar-refractivity contribution in [2.75, 3.05) is 11.9 Å². The number of hydrogen-bond donors (Lipinski definition) is 2. The molecule has 0 heterocycles. The van der Waals surface area contributed by atoms with Crippen LogP contribution in [0.1, 0.15) is 12.0 Å². The van der Waals surface area contributed by atoms with Crippen LogP contribution in [0, 0.1) is 11.6 Å². The van der Waals surface area contributed by atoms with E-state index in [2.05, 4.69) is 10.6 Å². The number of hydrogen-bond acceptors (Lipinski definition) is 2. The Kier molecular flexibility index (Phi) is 6.26. The van der Waals surface area contributed by atoms with Gasteiger partial charge in [-0.25, -0.2) is 8.78 Å². The normalized spacial score (nSPS) is 10.3. The van der Waals surface area contributed by atoms with Crippen LogP contribution in [0.5, 0.6) is 0 Å². The number of rotatable bonds is 6. The first-order valence-electron chi connectivity index (χ1n) is 7.20. The molecule has 0 saturated carbocycles. The van der Waals surface area contributed by atoms with Gasteiger partial charge in [-0.15, -0.1) is 0 Å². The average molecular weight is 353 g/mol. The van der Waals surface area contributed by atoms with Gasteiger partial charge in [-0.2, -0.15) is 0 Å². The number of benzene rings is 2. The van der Waals surface area contributed by atoms with E-state index in [1.807, 2.05) is 12.1 Å². The first-order valence-corrected chi connectivity index (χ1v) is 7.58. The van der Waals surface area contributed by atoms with Gasteiger partial charge in [0, 0.05) is 23.3 Å². The molecular formula is C17H15ClF2N2O2. The van der Waals surface area contributed by atoms with Crippen LogP contribution in [0.15, 0.2) is 42.5 Å². The van der Waals surface area contributed by atoms with Crippen molar-refractivity contribution in [1.82, 2.24) is 5.32 Å². The Morgan fingerprint density at radius 3 is 2.33 bits per heavy atom. The summed E-state index contributed by atoms with van der Waals surface area (Å²) in [5.74, 6) is -3.14. The lowest BCUT2D eigenvalue weighted by Gasteiger charge is -2.07. The van der Waals surface area contributed by atoms with Crippen molar-refractivity contribution in [2.45, 2.75) is 12.8 Å². The lowest BCUT2D eigenvalue weighted by molar-refractivity contribution is -0.126. The zero-order valence-electron chi connectivity index (χ0n) is 12.6. The van der Waals surface area contributed by atoms with E-state index in [4.69, 9.17) is 11.6 Å². The van der Waals surface area contributed by atoms with E-state index < -0.39 is 29.9 Å². The fourth-order valence-corrected chi connectivity index (χ4v) is 2.11. The smallest absolute Gasteiger partial charge is 0.233 e. The Morgan fingerprint density at radius 2 is 1.67 bits per heavy atom. The zero-order valence-corrected chi connectivity index (χ0v) is 13.4. The van der Waals surface area contributed by atoms with Crippen LogP contribution in [0.4, 0.5) is 14.5 Å². The highest BCUT2D eigenvalue weighted by molar-refractivity contribution is 6.30. The van der Waals surface area contributed by atoms with Crippen LogP contribution < -0.4 is 10.6 Å². The molecule has 2 N–H and O–H groups in total. The number of carbonyl (C=O) groups is 2. The Balaban J connectivity index is 1.74. The molecule has 0 aliphatic rings. The van der Waals surface area contributed by atoms with Crippen molar-refractivity contribution < 1.29 is 18.4 Å². The van der Waals surface area contributed by atoms with Crippen molar-refractivity contribution in [2.24, 2.45) is 0 Å². The molecule has 0 aromatic heterocycles. The van der Waals surface area contributed by atoms with E-state index in [-0.39, 0.29) is 5.69 Å². The van der Waals surface area contributed by atoms with E-state index in [1.165, 1.54) is 6.07 Å². The summed E-state index contributed by atoms with van der Waals surface area (Å²) >= 11 is 5.78. The molecular weight excluding hydrogens is 338 g/mol. The molecule has 0 atom stereocenters. The standard InChI is InChI=1S/C17H15ClF2N2O2/c18-12-3-1-11(2-4-12)7-8-21-16(23)10-17(24)22-13-5-6-14(19)15(20)9-13/h1-6,9H,7-8,10H2,(H,21,23)(H,22,24). The molecule has 0 radical (unpaired) electrons. The molecule has 2 rings (SSSR count). The summed E-state index contributed by atoms with van der Waals surface area (Å²) in [6.45, 7) is 0.374. The summed E-state index contributed by atoms with van der Waals surface area (Å²) in [6.07, 6.45) is 0.202. The first-order chi connectivity index (χ1) is 11.4. The van der Waals surface area contributed by atoms with Crippen molar-refractivity contribution >= 4 is 29.1 Å². The lowest BCUT2D eigenvalue weighted by Crippen LogP contribution is -2.29. The summed E-state index contributed by atoms with van der Waals surface area (Å²) in [7, 11) is 0. The molecule has 0 spiro atoms. The van der Waals surface area contributed by atoms with Crippen molar-refractivity contribution in [3.63, 3.8) is 0 Å². The third-order valence-corrected chi connectivity index (χ3v) is 3.43. The second-order valence-electron chi connectivity index (χ2n) is 5.08. The molecule has 2 aromatic rings. The third kappa shape index (κ3) is 5.62. The van der Waals surface area contributed by atoms with Gasteiger partial charge in [0.2, 0.25) is 11.8 Å². The number of halogens is 3. The van der Waals surface area contributed by atoms with Crippen LogP contribution in [0.25, 0.3) is 0 Å². The van der Waals surface area contributed by atoms with Crippen LogP contribution in [0.2, 0.25) is 5.02 Å². The maximum atomic E-state index is 13.0. The van der Waals surface area contributed by atoms with Gasteiger partial charge in [0.15, 0.2) is 11.6 Å². The Hall–Kier alpha value is -2.47. The minimum Gasteiger partial charge on any atom is -0.355 e. The van der Waals surface area contributed by atoms with Gasteiger partial charge in [-0.3, -0.25) is 9.59 Å². The minimum absolute atomic E-state index is 0.0906. The molecule has 0 aliphatic carbocycles. The molecule has 7 heteroatoms. The zero-order chi connectivity index (χ0) is 17.5. The van der Waals surface area contributed by atoms with Gasteiger partial charge < -0.3 is 10.6 Å². The summed E-state index contributed by atoms with van der Waals surface area (Å²) in [5, 5.41) is 5.59. The maximum Gasteiger partial charge on any atom is 0.233 e. The second kappa shape index (κ2) is 8.40. The van der Waals surface area contributed by atoms with E-state index in [9.17, 15) is 18.4 Å². The fourth-order valence-electron chi connectivity index (χ4n) is 1.98. The number of nitrogens with one attached hydrogen (secondary N) is 2. The highest BCUT2D eigenvalue weighted by Gasteiger charge is 2.10. The molecule has 0 saturated heterocycles. The van der Waals surface area contributed by atoms with E-state index in [0.717, 1.165) is 17.7 Å². The van der Waals surface area contributed by atoms with E-state index >= 15 is 0 Å². The van der Waals surface area contributed by atoms with Crippen molar-refractivity contribution in [3.05, 3.63) is 64.7 Å². The van der Waals surface area contributed by atoms with Gasteiger partial charge in [0.25, 0.3) is 0 Å². The predicted molar refractivity (Wildman–Crippen MR) is 87.8 cm³/mol. The van der Waals surface area contributed by atoms with Crippen LogP contribution in [0.3, 0.4) is 0 Å². The molecule has 126 valence electrons. The number of anilines is 1. The highest BCUT2D eigenvalue weighted by Crippen LogP contribution is 2.13. The predicted octanol–water partition coefficient (Wildman–Crippen LogP) is 3.31. The Bertz CT molecular complexity index is 736. The molecule has 2 aromatic carbocycles. The molecule has 4 nitrogen and oxygen atoms in total. The molecule has 0 fully saturated rings. The molecule has 0 bridgehead atoms. The van der Waals surface area contributed by atoms with Crippen molar-refractivity contribution in [3.8, 4) is 0 Å². The Labute approximate surface area is 142 Å². The quantitative estimate of drug-likeness (QED) is 0.784. The fraction of sp³-hybridized carbons (Fsp3) is 0.176. The summed E-state index contributed by atoms with van der Waals surface area (Å²) in [5.41, 5.74) is 1.10. The van der Waals surface area contributed by atoms with Crippen LogP contribution >= 0.6 is 11.6 Å². The van der Waals surface area contributed by atoms with E-state index in [1.54, 1.807) is 12.1 Å². The highest BCUT2D eigenvalue weighted by atomic mass is 35.5. The van der Waals surface area contributed by atoms with Crippen LogP contribution in [-0.4, -0.2) is 18.4 Å². The SMILES string of the molecule is O=C(CC(=O)Nc1ccc(F)c(F)c1)NCCc1ccc(Cl)cc1. The average Bonchev–Trinajstić information content (AvgIpc) is 2.53. The maximum absolute atomic E-state index is 13.0. The third-order valence-electron chi connectivity index (χ3n) is 3.17. The van der Waals surface area contributed by atoms with E-state index in [0.29, 0.717) is 18.0 Å². The number of amides is 2. The summed E-state index contributed by atoms with van der Waals surface area (Å²) < 4.78 is 25.8. The topological polar surface area (TPSA) is 58.2 Å². The Morgan fingerprint density at radius 1 is 0.958 bits per heavy atom. The molecule has 24 heavy (non-hydrogen) atoms. The summed E-state index contributed by atoms with van der Waals surface area (Å²) in [4.78, 5) is 23.4. The van der Waals surface area contributed by atoms with Crippen molar-refractivity contribution in [1.29, 1.82) is 0 Å². The van der Waals surface area contributed by atoms with Gasteiger partial charge in [-0.1, -0.05) is 23.7 Å². The minimum atomic E-state index is -1.07. The monoisotopic (exact) mass is 352 g/mol. The van der Waals surface area contributed by atoms with Gasteiger partial charge >= 0.3 is 0 Å². The van der Waals surface area contributed by atoms with Crippen LogP contribution in [-0.2, 0) is 16.0 Å². The molecule has 2 amide bonds. The first kappa shape index (κ1) is 17.9. The number of carbonyl (C=O) groups excluding carboxylic acids is 2. The van der Waals surface area contributed by atoms with Gasteiger partial charge in [0.05, 0.1) is 0 Å². The van der Waals surface area contributed by atoms with Gasteiger partial charge in [-0.05, 0) is 36.2 Å². The molecule has 0 unspecified atom stereocenters.